The van der Waals surface area contributed by atoms with E-state index in [-0.39, 0.29) is 17.0 Å². The Morgan fingerprint density at radius 3 is 1.93 bits per heavy atom. The van der Waals surface area contributed by atoms with Crippen LogP contribution in [0.25, 0.3) is 0 Å². The highest BCUT2D eigenvalue weighted by Crippen LogP contribution is 2.38. The SMILES string of the molecule is COc1ccc(C2(C(=O)Nc3ccc(OC(c4ccc(F)cc4)c4ccc(F)cc4)c(C(=O)OC(C)C)c3)C=CC=N2)cc1OC. The predicted molar refractivity (Wildman–Crippen MR) is 170 cm³/mol. The summed E-state index contributed by atoms with van der Waals surface area (Å²) in [6.45, 7) is 3.42. The standard InChI is InChI=1S/C36H32F2N2O6/c1-22(2)45-34(41)29-21-28(40-35(42)36(18-5-19-39-36)25-10-16-31(43-3)32(20-25)44-4)15-17-30(29)46-33(23-6-11-26(37)12-7-23)24-8-13-27(38)14-9-24/h5-22,33H,1-4H3,(H,40,42). The molecule has 0 saturated heterocycles. The van der Waals surface area contributed by atoms with Gasteiger partial charge in [0.05, 0.1) is 20.3 Å². The molecule has 1 N–H and O–H groups in total. The minimum Gasteiger partial charge on any atom is -0.493 e. The first-order valence-electron chi connectivity index (χ1n) is 14.4. The van der Waals surface area contributed by atoms with Gasteiger partial charge in [-0.2, -0.15) is 0 Å². The number of hydrogen-bond acceptors (Lipinski definition) is 7. The van der Waals surface area contributed by atoms with Crippen LogP contribution in [-0.2, 0) is 15.1 Å². The van der Waals surface area contributed by atoms with E-state index in [1.807, 2.05) is 0 Å². The third-order valence-corrected chi connectivity index (χ3v) is 7.26. The van der Waals surface area contributed by atoms with Gasteiger partial charge in [-0.15, -0.1) is 0 Å². The number of anilines is 1. The molecular formula is C36H32F2N2O6. The van der Waals surface area contributed by atoms with Crippen molar-refractivity contribution >= 4 is 23.8 Å². The van der Waals surface area contributed by atoms with Gasteiger partial charge in [0.25, 0.3) is 5.91 Å². The number of esters is 1. The number of rotatable bonds is 11. The van der Waals surface area contributed by atoms with E-state index in [1.54, 1.807) is 74.5 Å². The second kappa shape index (κ2) is 13.6. The van der Waals surface area contributed by atoms with E-state index in [9.17, 15) is 18.4 Å². The van der Waals surface area contributed by atoms with E-state index in [0.717, 1.165) is 0 Å². The normalized spacial score (nSPS) is 15.2. The molecule has 1 atom stereocenters. The van der Waals surface area contributed by atoms with Crippen LogP contribution < -0.4 is 19.5 Å². The molecule has 8 nitrogen and oxygen atoms in total. The van der Waals surface area contributed by atoms with E-state index >= 15 is 0 Å². The van der Waals surface area contributed by atoms with Crippen LogP contribution in [0.15, 0.2) is 102 Å². The van der Waals surface area contributed by atoms with Gasteiger partial charge in [-0.05, 0) is 97.3 Å². The molecule has 0 aliphatic carbocycles. The van der Waals surface area contributed by atoms with Crippen LogP contribution in [0, 0.1) is 11.6 Å². The van der Waals surface area contributed by atoms with Crippen molar-refractivity contribution in [2.24, 2.45) is 4.99 Å². The Kier molecular flexibility index (Phi) is 9.46. The summed E-state index contributed by atoms with van der Waals surface area (Å²) in [5.74, 6) is -0.986. The number of hydrogen-bond donors (Lipinski definition) is 1. The van der Waals surface area contributed by atoms with E-state index in [2.05, 4.69) is 10.3 Å². The second-order valence-electron chi connectivity index (χ2n) is 10.7. The van der Waals surface area contributed by atoms with Crippen LogP contribution in [0.1, 0.15) is 47.0 Å². The topological polar surface area (TPSA) is 95.5 Å². The Morgan fingerprint density at radius 2 is 1.39 bits per heavy atom. The number of benzene rings is 4. The zero-order chi connectivity index (χ0) is 32.8. The average Bonchev–Trinajstić information content (AvgIpc) is 3.56. The highest BCUT2D eigenvalue weighted by Gasteiger charge is 2.39. The molecule has 0 fully saturated rings. The molecule has 1 unspecified atom stereocenters. The third kappa shape index (κ3) is 6.76. The number of nitrogens with one attached hydrogen (secondary N) is 1. The van der Waals surface area contributed by atoms with Gasteiger partial charge in [0.15, 0.2) is 17.0 Å². The van der Waals surface area contributed by atoms with E-state index in [4.69, 9.17) is 18.9 Å². The van der Waals surface area contributed by atoms with Gasteiger partial charge >= 0.3 is 5.97 Å². The molecule has 0 aromatic heterocycles. The number of carbonyl (C=O) groups excluding carboxylic acids is 2. The fourth-order valence-corrected chi connectivity index (χ4v) is 5.00. The molecule has 1 heterocycles. The molecule has 1 aliphatic heterocycles. The highest BCUT2D eigenvalue weighted by molar-refractivity contribution is 6.04. The zero-order valence-electron chi connectivity index (χ0n) is 25.6. The summed E-state index contributed by atoms with van der Waals surface area (Å²) in [6, 6.07) is 21.0. The van der Waals surface area contributed by atoms with Gasteiger partial charge < -0.3 is 24.3 Å². The quantitative estimate of drug-likeness (QED) is 0.177. The second-order valence-corrected chi connectivity index (χ2v) is 10.7. The minimum absolute atomic E-state index is 0.0337. The number of allylic oxidation sites excluding steroid dienone is 1. The molecule has 10 heteroatoms. The van der Waals surface area contributed by atoms with Crippen LogP contribution >= 0.6 is 0 Å². The molecule has 46 heavy (non-hydrogen) atoms. The molecule has 1 aliphatic rings. The third-order valence-electron chi connectivity index (χ3n) is 7.26. The smallest absolute Gasteiger partial charge is 0.342 e. The molecule has 4 aromatic rings. The van der Waals surface area contributed by atoms with Crippen LogP contribution in [0.2, 0.25) is 0 Å². The summed E-state index contributed by atoms with van der Waals surface area (Å²) in [5, 5.41) is 2.87. The van der Waals surface area contributed by atoms with Gasteiger partial charge in [0.1, 0.15) is 29.1 Å². The first kappa shape index (κ1) is 31.9. The summed E-state index contributed by atoms with van der Waals surface area (Å²) in [4.78, 5) is 31.7. The lowest BCUT2D eigenvalue weighted by atomic mass is 9.89. The number of amides is 1. The van der Waals surface area contributed by atoms with Gasteiger partial charge in [-0.25, -0.2) is 13.6 Å². The number of halogens is 2. The Bertz CT molecular complexity index is 1730. The van der Waals surface area contributed by atoms with Gasteiger partial charge in [-0.3, -0.25) is 9.79 Å². The maximum atomic E-state index is 13.9. The zero-order valence-corrected chi connectivity index (χ0v) is 25.6. The number of carbonyl (C=O) groups is 2. The van der Waals surface area contributed by atoms with Gasteiger partial charge in [0, 0.05) is 11.9 Å². The summed E-state index contributed by atoms with van der Waals surface area (Å²) >= 11 is 0. The Labute approximate surface area is 265 Å². The van der Waals surface area contributed by atoms with Crippen molar-refractivity contribution in [1.82, 2.24) is 0 Å². The Morgan fingerprint density at radius 1 is 0.783 bits per heavy atom. The fraction of sp³-hybridized carbons (Fsp3) is 0.194. The maximum absolute atomic E-state index is 13.9. The first-order chi connectivity index (χ1) is 22.1. The van der Waals surface area contributed by atoms with E-state index in [1.165, 1.54) is 56.8 Å². The van der Waals surface area contributed by atoms with Crippen molar-refractivity contribution in [2.45, 2.75) is 31.6 Å². The molecule has 1 amide bonds. The van der Waals surface area contributed by atoms with Crippen LogP contribution in [0.3, 0.4) is 0 Å². The summed E-state index contributed by atoms with van der Waals surface area (Å²) < 4.78 is 50.2. The molecule has 0 spiro atoms. The van der Waals surface area contributed by atoms with Crippen LogP contribution in [0.4, 0.5) is 14.5 Å². The minimum atomic E-state index is -1.41. The Balaban J connectivity index is 1.51. The maximum Gasteiger partial charge on any atom is 0.342 e. The van der Waals surface area contributed by atoms with Crippen molar-refractivity contribution in [1.29, 1.82) is 0 Å². The molecule has 4 aromatic carbocycles. The number of aliphatic imine (C=N–C) groups is 1. The molecule has 0 bridgehead atoms. The lowest BCUT2D eigenvalue weighted by molar-refractivity contribution is -0.119. The van der Waals surface area contributed by atoms with Crippen molar-refractivity contribution in [3.8, 4) is 17.2 Å². The molecule has 0 radical (unpaired) electrons. The number of nitrogens with zero attached hydrogens (tertiary/aromatic N) is 1. The summed E-state index contributed by atoms with van der Waals surface area (Å²) in [5.41, 5.74) is 0.569. The number of ether oxygens (including phenoxy) is 4. The van der Waals surface area contributed by atoms with E-state index in [0.29, 0.717) is 28.2 Å². The highest BCUT2D eigenvalue weighted by atomic mass is 19.1. The molecule has 236 valence electrons. The first-order valence-corrected chi connectivity index (χ1v) is 14.4. The van der Waals surface area contributed by atoms with Crippen LogP contribution in [-0.4, -0.2) is 38.4 Å². The van der Waals surface area contributed by atoms with Gasteiger partial charge in [-0.1, -0.05) is 30.3 Å². The molecule has 0 saturated carbocycles. The monoisotopic (exact) mass is 626 g/mol. The average molecular weight is 627 g/mol. The molecular weight excluding hydrogens is 594 g/mol. The molecule has 5 rings (SSSR count). The largest absolute Gasteiger partial charge is 0.493 e. The van der Waals surface area contributed by atoms with Gasteiger partial charge in [0.2, 0.25) is 0 Å². The van der Waals surface area contributed by atoms with Crippen molar-refractivity contribution in [3.63, 3.8) is 0 Å². The van der Waals surface area contributed by atoms with Crippen molar-refractivity contribution < 1.29 is 37.3 Å². The van der Waals surface area contributed by atoms with Crippen molar-refractivity contribution in [2.75, 3.05) is 19.5 Å². The summed E-state index contributed by atoms with van der Waals surface area (Å²) in [6.07, 6.45) is 3.58. The fourth-order valence-electron chi connectivity index (χ4n) is 5.00. The van der Waals surface area contributed by atoms with E-state index < -0.39 is 41.3 Å². The number of methoxy groups -OCH3 is 2. The summed E-state index contributed by atoms with van der Waals surface area (Å²) in [7, 11) is 3.02. The van der Waals surface area contributed by atoms with Crippen molar-refractivity contribution in [3.05, 3.63) is 131 Å². The Hall–Kier alpha value is -5.51. The lowest BCUT2D eigenvalue weighted by Gasteiger charge is -2.25. The lowest BCUT2D eigenvalue weighted by Crippen LogP contribution is -2.36. The van der Waals surface area contributed by atoms with Crippen LogP contribution in [0.5, 0.6) is 17.2 Å². The predicted octanol–water partition coefficient (Wildman–Crippen LogP) is 7.19.